The predicted molar refractivity (Wildman–Crippen MR) is 87.8 cm³/mol. The van der Waals surface area contributed by atoms with Crippen molar-refractivity contribution in [1.82, 2.24) is 0 Å². The van der Waals surface area contributed by atoms with Gasteiger partial charge in [-0.15, -0.1) is 0 Å². The number of anilines is 2. The van der Waals surface area contributed by atoms with E-state index in [1.807, 2.05) is 0 Å². The van der Waals surface area contributed by atoms with Crippen LogP contribution in [-0.4, -0.2) is 24.4 Å². The number of ether oxygens (including phenoxy) is 1. The molecule has 0 bridgehead atoms. The molecule has 24 heavy (non-hydrogen) atoms. The number of nitrogens with one attached hydrogen (secondary N) is 2. The number of benzene rings is 1. The smallest absolute Gasteiger partial charge is 0.342 e. The van der Waals surface area contributed by atoms with Crippen LogP contribution in [0, 0.1) is 13.8 Å². The summed E-state index contributed by atoms with van der Waals surface area (Å²) in [5, 5.41) is 5.22. The minimum Gasteiger partial charge on any atom is -0.466 e. The van der Waals surface area contributed by atoms with Crippen molar-refractivity contribution in [2.75, 3.05) is 17.2 Å². The molecule has 0 saturated heterocycles. The molecule has 0 aliphatic heterocycles. The van der Waals surface area contributed by atoms with Crippen LogP contribution in [0.5, 0.6) is 0 Å². The largest absolute Gasteiger partial charge is 0.466 e. The van der Waals surface area contributed by atoms with Crippen LogP contribution in [-0.2, 0) is 14.3 Å². The Kier molecular flexibility index (Phi) is 5.36. The summed E-state index contributed by atoms with van der Waals surface area (Å²) in [6, 6.07) is 8.14. The molecule has 1 aromatic heterocycles. The van der Waals surface area contributed by atoms with Gasteiger partial charge in [0.05, 0.1) is 0 Å². The molecule has 126 valence electrons. The highest BCUT2D eigenvalue weighted by Crippen LogP contribution is 2.15. The molecule has 7 heteroatoms. The second-order valence-corrected chi connectivity index (χ2v) is 5.21. The number of esters is 1. The molecule has 7 nitrogen and oxygen atoms in total. The van der Waals surface area contributed by atoms with Gasteiger partial charge in [0.1, 0.15) is 17.1 Å². The lowest BCUT2D eigenvalue weighted by Gasteiger charge is -2.07. The van der Waals surface area contributed by atoms with E-state index in [-0.39, 0.29) is 5.91 Å². The minimum atomic E-state index is -0.611. The summed E-state index contributed by atoms with van der Waals surface area (Å²) in [4.78, 5) is 34.6. The number of hydrogen-bond acceptors (Lipinski definition) is 5. The average Bonchev–Trinajstić information content (AvgIpc) is 2.85. The van der Waals surface area contributed by atoms with Gasteiger partial charge in [-0.2, -0.15) is 0 Å². The minimum absolute atomic E-state index is 0.177. The topological polar surface area (TPSA) is 97.6 Å². The molecule has 2 aromatic rings. The van der Waals surface area contributed by atoms with Crippen LogP contribution in [0.15, 0.2) is 34.7 Å². The zero-order chi connectivity index (χ0) is 17.7. The van der Waals surface area contributed by atoms with Crippen LogP contribution in [0.25, 0.3) is 0 Å². The maximum absolute atomic E-state index is 11.9. The standard InChI is InChI=1S/C17H18N2O5/c1-10-8-15(11(2)24-10)17(22)23-9-16(21)19-14-6-4-13(5-7-14)18-12(3)20/h4-8H,9H2,1-3H3,(H,18,20)(H,19,21). The van der Waals surface area contributed by atoms with Gasteiger partial charge < -0.3 is 19.8 Å². The molecule has 0 atom stereocenters. The third kappa shape index (κ3) is 4.70. The molecule has 0 aliphatic carbocycles. The highest BCUT2D eigenvalue weighted by atomic mass is 16.5. The summed E-state index contributed by atoms with van der Waals surface area (Å²) in [6.45, 7) is 4.38. The van der Waals surface area contributed by atoms with Crippen molar-refractivity contribution < 1.29 is 23.5 Å². The molecule has 1 aromatic carbocycles. The summed E-state index contributed by atoms with van der Waals surface area (Å²) in [7, 11) is 0. The number of aryl methyl sites for hydroxylation is 2. The van der Waals surface area contributed by atoms with Gasteiger partial charge in [-0.1, -0.05) is 0 Å². The number of amides is 2. The van der Waals surface area contributed by atoms with Crippen molar-refractivity contribution in [2.24, 2.45) is 0 Å². The lowest BCUT2D eigenvalue weighted by molar-refractivity contribution is -0.119. The lowest BCUT2D eigenvalue weighted by Crippen LogP contribution is -2.21. The number of carbonyl (C=O) groups excluding carboxylic acids is 3. The monoisotopic (exact) mass is 330 g/mol. The first-order valence-electron chi connectivity index (χ1n) is 7.27. The Labute approximate surface area is 139 Å². The fraction of sp³-hybridized carbons (Fsp3) is 0.235. The van der Waals surface area contributed by atoms with Gasteiger partial charge in [0.2, 0.25) is 5.91 Å². The van der Waals surface area contributed by atoms with E-state index < -0.39 is 18.5 Å². The van der Waals surface area contributed by atoms with Crippen LogP contribution in [0.2, 0.25) is 0 Å². The lowest BCUT2D eigenvalue weighted by atomic mass is 10.2. The highest BCUT2D eigenvalue weighted by Gasteiger charge is 2.16. The Morgan fingerprint density at radius 3 is 2.12 bits per heavy atom. The molecule has 0 spiro atoms. The maximum Gasteiger partial charge on any atom is 0.342 e. The van der Waals surface area contributed by atoms with Crippen molar-refractivity contribution in [2.45, 2.75) is 20.8 Å². The third-order valence-corrected chi connectivity index (χ3v) is 3.08. The first-order valence-corrected chi connectivity index (χ1v) is 7.27. The van der Waals surface area contributed by atoms with Crippen LogP contribution in [0.1, 0.15) is 28.8 Å². The SMILES string of the molecule is CC(=O)Nc1ccc(NC(=O)COC(=O)c2cc(C)oc2C)cc1. The molecule has 0 aliphatic rings. The van der Waals surface area contributed by atoms with Gasteiger partial charge in [-0.05, 0) is 44.2 Å². The van der Waals surface area contributed by atoms with E-state index >= 15 is 0 Å². The first-order chi connectivity index (χ1) is 11.3. The van der Waals surface area contributed by atoms with Gasteiger partial charge in [0, 0.05) is 18.3 Å². The second-order valence-electron chi connectivity index (χ2n) is 5.21. The molecular formula is C17H18N2O5. The number of hydrogen-bond donors (Lipinski definition) is 2. The Bertz CT molecular complexity index is 762. The highest BCUT2D eigenvalue weighted by molar-refractivity contribution is 5.96. The van der Waals surface area contributed by atoms with Crippen molar-refractivity contribution in [3.8, 4) is 0 Å². The van der Waals surface area contributed by atoms with Gasteiger partial charge >= 0.3 is 5.97 Å². The quantitative estimate of drug-likeness (QED) is 0.821. The summed E-state index contributed by atoms with van der Waals surface area (Å²) >= 11 is 0. The van der Waals surface area contributed by atoms with Crippen molar-refractivity contribution in [3.05, 3.63) is 47.4 Å². The van der Waals surface area contributed by atoms with Gasteiger partial charge in [0.15, 0.2) is 6.61 Å². The van der Waals surface area contributed by atoms with Crippen LogP contribution in [0.4, 0.5) is 11.4 Å². The fourth-order valence-electron chi connectivity index (χ4n) is 2.08. The molecule has 2 rings (SSSR count). The van der Waals surface area contributed by atoms with E-state index in [1.54, 1.807) is 44.2 Å². The molecule has 2 N–H and O–H groups in total. The van der Waals surface area contributed by atoms with Crippen LogP contribution >= 0.6 is 0 Å². The molecule has 0 radical (unpaired) electrons. The van der Waals surface area contributed by atoms with E-state index in [4.69, 9.17) is 9.15 Å². The van der Waals surface area contributed by atoms with Crippen molar-refractivity contribution in [3.63, 3.8) is 0 Å². The van der Waals surface area contributed by atoms with E-state index in [0.717, 1.165) is 0 Å². The predicted octanol–water partition coefficient (Wildman–Crippen LogP) is 2.65. The molecule has 0 saturated carbocycles. The Hall–Kier alpha value is -3.09. The summed E-state index contributed by atoms with van der Waals surface area (Å²) in [5.74, 6) is -0.202. The summed E-state index contributed by atoms with van der Waals surface area (Å²) in [6.07, 6.45) is 0. The zero-order valence-electron chi connectivity index (χ0n) is 13.6. The average molecular weight is 330 g/mol. The first kappa shape index (κ1) is 17.3. The molecule has 0 fully saturated rings. The maximum atomic E-state index is 11.9. The molecule has 1 heterocycles. The second kappa shape index (κ2) is 7.45. The fourth-order valence-corrected chi connectivity index (χ4v) is 2.08. The molecule has 2 amide bonds. The third-order valence-electron chi connectivity index (χ3n) is 3.08. The zero-order valence-corrected chi connectivity index (χ0v) is 13.6. The van der Waals surface area contributed by atoms with E-state index in [1.165, 1.54) is 6.92 Å². The van der Waals surface area contributed by atoms with E-state index in [2.05, 4.69) is 10.6 Å². The van der Waals surface area contributed by atoms with Crippen molar-refractivity contribution in [1.29, 1.82) is 0 Å². The Morgan fingerprint density at radius 1 is 1.04 bits per heavy atom. The molecule has 0 unspecified atom stereocenters. The van der Waals surface area contributed by atoms with Gasteiger partial charge in [-0.3, -0.25) is 9.59 Å². The Balaban J connectivity index is 1.86. The van der Waals surface area contributed by atoms with Crippen molar-refractivity contribution >= 4 is 29.2 Å². The Morgan fingerprint density at radius 2 is 1.62 bits per heavy atom. The summed E-state index contributed by atoms with van der Waals surface area (Å²) < 4.78 is 10.2. The van der Waals surface area contributed by atoms with Gasteiger partial charge in [0.25, 0.3) is 5.91 Å². The van der Waals surface area contributed by atoms with Gasteiger partial charge in [-0.25, -0.2) is 4.79 Å². The van der Waals surface area contributed by atoms with Crippen LogP contribution < -0.4 is 10.6 Å². The number of furan rings is 1. The van der Waals surface area contributed by atoms with E-state index in [0.29, 0.717) is 28.5 Å². The number of rotatable bonds is 5. The molecular weight excluding hydrogens is 312 g/mol. The number of carbonyl (C=O) groups is 3. The normalized spacial score (nSPS) is 10.1. The summed E-state index contributed by atoms with van der Waals surface area (Å²) in [5.41, 5.74) is 1.46. The van der Waals surface area contributed by atoms with Crippen LogP contribution in [0.3, 0.4) is 0 Å². The van der Waals surface area contributed by atoms with E-state index in [9.17, 15) is 14.4 Å².